The molecule has 0 spiro atoms. The summed E-state index contributed by atoms with van der Waals surface area (Å²) in [4.78, 5) is 23.4. The third kappa shape index (κ3) is 1.81. The summed E-state index contributed by atoms with van der Waals surface area (Å²) < 4.78 is 10.2. The molecular formula is C13H12N2O4. The molecule has 3 rings (SSSR count). The Morgan fingerprint density at radius 1 is 1.32 bits per heavy atom. The summed E-state index contributed by atoms with van der Waals surface area (Å²) in [5.74, 6) is 0.194. The van der Waals surface area contributed by atoms with Crippen LogP contribution in [0.2, 0.25) is 0 Å². The van der Waals surface area contributed by atoms with Gasteiger partial charge in [-0.25, -0.2) is 9.59 Å². The monoisotopic (exact) mass is 260 g/mol. The molecule has 1 atom stereocenters. The number of rotatable bonds is 2. The molecule has 0 fully saturated rings. The van der Waals surface area contributed by atoms with Gasteiger partial charge in [-0.05, 0) is 6.07 Å². The largest absolute Gasteiger partial charge is 0.496 e. The van der Waals surface area contributed by atoms with Crippen LogP contribution in [0.3, 0.4) is 0 Å². The normalized spacial score (nSPS) is 21.4. The molecular weight excluding hydrogens is 248 g/mol. The van der Waals surface area contributed by atoms with E-state index in [4.69, 9.17) is 9.47 Å². The molecule has 19 heavy (non-hydrogen) atoms. The van der Waals surface area contributed by atoms with Gasteiger partial charge in [-0.1, -0.05) is 18.2 Å². The van der Waals surface area contributed by atoms with E-state index in [1.165, 1.54) is 0 Å². The Morgan fingerprint density at radius 2 is 2.11 bits per heavy atom. The smallest absolute Gasteiger partial charge is 0.338 e. The average molecular weight is 260 g/mol. The molecule has 98 valence electrons. The fourth-order valence-electron chi connectivity index (χ4n) is 2.33. The first-order chi connectivity index (χ1) is 9.20. The first-order valence-electron chi connectivity index (χ1n) is 5.81. The highest BCUT2D eigenvalue weighted by Gasteiger charge is 2.38. The van der Waals surface area contributed by atoms with Crippen molar-refractivity contribution >= 4 is 12.0 Å². The summed E-state index contributed by atoms with van der Waals surface area (Å²) in [5, 5.41) is 5.31. The van der Waals surface area contributed by atoms with E-state index < -0.39 is 12.0 Å². The lowest BCUT2D eigenvalue weighted by Gasteiger charge is -2.25. The van der Waals surface area contributed by atoms with Crippen LogP contribution < -0.4 is 15.4 Å². The molecule has 0 aromatic heterocycles. The molecule has 0 aliphatic carbocycles. The quantitative estimate of drug-likeness (QED) is 0.773. The van der Waals surface area contributed by atoms with Crippen molar-refractivity contribution in [2.45, 2.75) is 6.04 Å². The van der Waals surface area contributed by atoms with E-state index in [-0.39, 0.29) is 12.6 Å². The van der Waals surface area contributed by atoms with E-state index in [0.717, 1.165) is 5.56 Å². The minimum Gasteiger partial charge on any atom is -0.496 e. The molecule has 2 amide bonds. The number of esters is 1. The molecule has 1 aromatic carbocycles. The summed E-state index contributed by atoms with van der Waals surface area (Å²) in [5.41, 5.74) is 1.68. The Labute approximate surface area is 109 Å². The van der Waals surface area contributed by atoms with Gasteiger partial charge in [-0.2, -0.15) is 0 Å². The summed E-state index contributed by atoms with van der Waals surface area (Å²) >= 11 is 0. The van der Waals surface area contributed by atoms with Crippen molar-refractivity contribution in [3.8, 4) is 5.75 Å². The van der Waals surface area contributed by atoms with Gasteiger partial charge < -0.3 is 20.1 Å². The maximum Gasteiger partial charge on any atom is 0.338 e. The topological polar surface area (TPSA) is 76.7 Å². The Kier molecular flexibility index (Phi) is 2.63. The molecule has 1 aromatic rings. The molecule has 0 bridgehead atoms. The number of nitrogens with one attached hydrogen (secondary N) is 2. The van der Waals surface area contributed by atoms with Crippen LogP contribution in [0, 0.1) is 0 Å². The van der Waals surface area contributed by atoms with E-state index in [1.807, 2.05) is 18.2 Å². The van der Waals surface area contributed by atoms with Crippen LogP contribution in [0.25, 0.3) is 0 Å². The molecule has 0 unspecified atom stereocenters. The molecule has 0 radical (unpaired) electrons. The third-order valence-corrected chi connectivity index (χ3v) is 3.17. The van der Waals surface area contributed by atoms with Crippen LogP contribution in [-0.2, 0) is 9.53 Å². The molecule has 0 saturated carbocycles. The second-order valence-corrected chi connectivity index (χ2v) is 4.24. The highest BCUT2D eigenvalue weighted by atomic mass is 16.5. The number of urea groups is 1. The highest BCUT2D eigenvalue weighted by Crippen LogP contribution is 2.35. The number of benzene rings is 1. The van der Waals surface area contributed by atoms with Crippen LogP contribution in [0.5, 0.6) is 5.75 Å². The standard InChI is InChI=1S/C13H12N2O4/c1-18-9-5-3-2-4-7(9)11-10-8(6-19-12(10)16)14-13(17)15-11/h2-5,11H,6H2,1H3,(H2,14,15,17)/t11-/m0/s1. The average Bonchev–Trinajstić information content (AvgIpc) is 2.79. The molecule has 0 saturated heterocycles. The third-order valence-electron chi connectivity index (χ3n) is 3.17. The van der Waals surface area contributed by atoms with Gasteiger partial charge in [0.05, 0.1) is 24.4 Å². The van der Waals surface area contributed by atoms with Gasteiger partial charge in [-0.15, -0.1) is 0 Å². The van der Waals surface area contributed by atoms with Crippen LogP contribution in [0.1, 0.15) is 11.6 Å². The molecule has 6 heteroatoms. The summed E-state index contributed by atoms with van der Waals surface area (Å²) in [6.45, 7) is 0.104. The van der Waals surface area contributed by atoms with Crippen molar-refractivity contribution in [2.24, 2.45) is 0 Å². The van der Waals surface area contributed by atoms with Crippen molar-refractivity contribution in [2.75, 3.05) is 13.7 Å². The predicted octanol–water partition coefficient (Wildman–Crippen LogP) is 0.860. The zero-order chi connectivity index (χ0) is 13.4. The van der Waals surface area contributed by atoms with Crippen LogP contribution in [0.15, 0.2) is 35.5 Å². The molecule has 2 heterocycles. The number of hydrogen-bond donors (Lipinski definition) is 2. The fourth-order valence-corrected chi connectivity index (χ4v) is 2.33. The molecule has 2 aliphatic rings. The van der Waals surface area contributed by atoms with E-state index >= 15 is 0 Å². The van der Waals surface area contributed by atoms with Gasteiger partial charge in [0.1, 0.15) is 12.4 Å². The zero-order valence-corrected chi connectivity index (χ0v) is 10.2. The van der Waals surface area contributed by atoms with Crippen molar-refractivity contribution < 1.29 is 19.1 Å². The maximum atomic E-state index is 11.8. The zero-order valence-electron chi connectivity index (χ0n) is 10.2. The second-order valence-electron chi connectivity index (χ2n) is 4.24. The van der Waals surface area contributed by atoms with Crippen LogP contribution in [-0.4, -0.2) is 25.7 Å². The number of ether oxygens (including phenoxy) is 2. The highest BCUT2D eigenvalue weighted by molar-refractivity contribution is 5.97. The second kappa shape index (κ2) is 4.31. The van der Waals surface area contributed by atoms with Gasteiger partial charge in [0.15, 0.2) is 0 Å². The summed E-state index contributed by atoms with van der Waals surface area (Å²) in [6.07, 6.45) is 0. The SMILES string of the molecule is COc1ccccc1[C@@H]1NC(=O)NC2=C1C(=O)OC2. The minimum atomic E-state index is -0.546. The van der Waals surface area contributed by atoms with E-state index in [0.29, 0.717) is 17.0 Å². The Balaban J connectivity index is 2.10. The van der Waals surface area contributed by atoms with Crippen LogP contribution >= 0.6 is 0 Å². The lowest BCUT2D eigenvalue weighted by molar-refractivity contribution is -0.136. The minimum absolute atomic E-state index is 0.104. The van der Waals surface area contributed by atoms with Crippen molar-refractivity contribution in [1.82, 2.24) is 10.6 Å². The number of carbonyl (C=O) groups is 2. The number of para-hydroxylation sites is 1. The Hall–Kier alpha value is -2.50. The van der Waals surface area contributed by atoms with Gasteiger partial charge in [0.25, 0.3) is 0 Å². The van der Waals surface area contributed by atoms with Crippen LogP contribution in [0.4, 0.5) is 4.79 Å². The maximum absolute atomic E-state index is 11.8. The first kappa shape index (κ1) is 11.6. The van der Waals surface area contributed by atoms with Crippen molar-refractivity contribution in [3.63, 3.8) is 0 Å². The molecule has 2 aliphatic heterocycles. The summed E-state index contributed by atoms with van der Waals surface area (Å²) in [7, 11) is 1.55. The van der Waals surface area contributed by atoms with Gasteiger partial charge in [-0.3, -0.25) is 0 Å². The fraction of sp³-hybridized carbons (Fsp3) is 0.231. The number of amides is 2. The Bertz CT molecular complexity index is 594. The number of cyclic esters (lactones) is 1. The number of methoxy groups -OCH3 is 1. The van der Waals surface area contributed by atoms with Gasteiger partial charge in [0.2, 0.25) is 0 Å². The summed E-state index contributed by atoms with van der Waals surface area (Å²) in [6, 6.07) is 6.35. The van der Waals surface area contributed by atoms with Gasteiger partial charge in [0, 0.05) is 5.56 Å². The van der Waals surface area contributed by atoms with Crippen molar-refractivity contribution in [1.29, 1.82) is 0 Å². The number of carbonyl (C=O) groups excluding carboxylic acids is 2. The Morgan fingerprint density at radius 3 is 2.89 bits per heavy atom. The van der Waals surface area contributed by atoms with E-state index in [2.05, 4.69) is 10.6 Å². The van der Waals surface area contributed by atoms with Crippen molar-refractivity contribution in [3.05, 3.63) is 41.1 Å². The molecule has 6 nitrogen and oxygen atoms in total. The van der Waals surface area contributed by atoms with Gasteiger partial charge >= 0.3 is 12.0 Å². The lowest BCUT2D eigenvalue weighted by Crippen LogP contribution is -2.44. The van der Waals surface area contributed by atoms with E-state index in [9.17, 15) is 9.59 Å². The first-order valence-corrected chi connectivity index (χ1v) is 5.81. The van der Waals surface area contributed by atoms with E-state index in [1.54, 1.807) is 13.2 Å². The molecule has 2 N–H and O–H groups in total. The predicted molar refractivity (Wildman–Crippen MR) is 65.4 cm³/mol. The lowest BCUT2D eigenvalue weighted by atomic mass is 9.95. The number of hydrogen-bond acceptors (Lipinski definition) is 4.